The molecule has 0 spiro atoms. The third kappa shape index (κ3) is 1.54. The summed E-state index contributed by atoms with van der Waals surface area (Å²) in [6.07, 6.45) is 1.16. The number of benzene rings is 1. The zero-order chi connectivity index (χ0) is 9.26. The summed E-state index contributed by atoms with van der Waals surface area (Å²) in [4.78, 5) is 0. The smallest absolute Gasteiger partial charge is 0.0427 e. The maximum absolute atomic E-state index is 3.51. The molecule has 0 radical (unpaired) electrons. The van der Waals surface area contributed by atoms with E-state index in [9.17, 15) is 0 Å². The minimum atomic E-state index is 0.570. The second-order valence-corrected chi connectivity index (χ2v) is 3.70. The first-order valence-corrected chi connectivity index (χ1v) is 4.81. The molecule has 0 saturated heterocycles. The Morgan fingerprint density at radius 1 is 1.54 bits per heavy atom. The van der Waals surface area contributed by atoms with E-state index in [1.807, 2.05) is 7.05 Å². The predicted octanol–water partition coefficient (Wildman–Crippen LogP) is 1.55. The van der Waals surface area contributed by atoms with Gasteiger partial charge in [-0.1, -0.05) is 12.1 Å². The molecule has 13 heavy (non-hydrogen) atoms. The zero-order valence-corrected chi connectivity index (χ0v) is 8.22. The average Bonchev–Trinajstić information content (AvgIpc) is 2.49. The van der Waals surface area contributed by atoms with E-state index in [0.717, 1.165) is 13.0 Å². The summed E-state index contributed by atoms with van der Waals surface area (Å²) in [5.74, 6) is 0. The molecule has 0 amide bonds. The Kier molecular flexibility index (Phi) is 2.23. The summed E-state index contributed by atoms with van der Waals surface area (Å²) in [5, 5.41) is 6.72. The quantitative estimate of drug-likeness (QED) is 0.714. The monoisotopic (exact) mass is 176 g/mol. The van der Waals surface area contributed by atoms with E-state index < -0.39 is 0 Å². The third-order valence-corrected chi connectivity index (χ3v) is 2.67. The molecule has 2 N–H and O–H groups in total. The van der Waals surface area contributed by atoms with Gasteiger partial charge in [-0.15, -0.1) is 0 Å². The van der Waals surface area contributed by atoms with Crippen LogP contribution in [0, 0.1) is 6.92 Å². The second-order valence-electron chi connectivity index (χ2n) is 3.70. The summed E-state index contributed by atoms with van der Waals surface area (Å²) in [7, 11) is 2.00. The number of nitrogens with one attached hydrogen (secondary N) is 2. The van der Waals surface area contributed by atoms with E-state index in [4.69, 9.17) is 0 Å². The molecule has 1 aliphatic rings. The Labute approximate surface area is 79.4 Å². The Morgan fingerprint density at radius 3 is 3.08 bits per heavy atom. The van der Waals surface area contributed by atoms with Gasteiger partial charge in [0, 0.05) is 18.3 Å². The summed E-state index contributed by atoms with van der Waals surface area (Å²) in [6.45, 7) is 3.22. The first kappa shape index (κ1) is 8.57. The zero-order valence-electron chi connectivity index (χ0n) is 8.22. The lowest BCUT2D eigenvalue weighted by Crippen LogP contribution is -2.28. The minimum Gasteiger partial charge on any atom is -0.380 e. The number of fused-ring (bicyclic) bond motifs is 1. The van der Waals surface area contributed by atoms with Crippen LogP contribution in [-0.4, -0.2) is 19.6 Å². The molecule has 1 aromatic rings. The maximum atomic E-state index is 3.51. The Morgan fingerprint density at radius 2 is 2.38 bits per heavy atom. The molecular formula is C11H16N2. The lowest BCUT2D eigenvalue weighted by molar-refractivity contribution is 0.673. The molecule has 0 fully saturated rings. The number of hydrogen-bond acceptors (Lipinski definition) is 2. The van der Waals surface area contributed by atoms with Crippen molar-refractivity contribution in [2.24, 2.45) is 0 Å². The van der Waals surface area contributed by atoms with Crippen LogP contribution in [0.2, 0.25) is 0 Å². The number of rotatable bonds is 2. The van der Waals surface area contributed by atoms with Gasteiger partial charge < -0.3 is 10.6 Å². The van der Waals surface area contributed by atoms with Crippen molar-refractivity contribution in [1.29, 1.82) is 0 Å². The number of likely N-dealkylation sites (N-methyl/N-ethyl adjacent to an activating group) is 1. The van der Waals surface area contributed by atoms with Gasteiger partial charge in [-0.05, 0) is 37.6 Å². The lowest BCUT2D eigenvalue weighted by atomic mass is 10.0. The molecule has 0 aromatic heterocycles. The van der Waals surface area contributed by atoms with Crippen molar-refractivity contribution in [3.8, 4) is 0 Å². The van der Waals surface area contributed by atoms with Gasteiger partial charge in [-0.3, -0.25) is 0 Å². The van der Waals surface area contributed by atoms with Crippen LogP contribution >= 0.6 is 0 Å². The molecule has 70 valence electrons. The van der Waals surface area contributed by atoms with Crippen LogP contribution in [0.5, 0.6) is 0 Å². The first-order valence-electron chi connectivity index (χ1n) is 4.81. The molecule has 1 heterocycles. The highest BCUT2D eigenvalue weighted by molar-refractivity contribution is 5.59. The highest BCUT2D eigenvalue weighted by Gasteiger charge is 2.20. The topological polar surface area (TPSA) is 24.1 Å². The van der Waals surface area contributed by atoms with Gasteiger partial charge >= 0.3 is 0 Å². The van der Waals surface area contributed by atoms with Gasteiger partial charge in [0.25, 0.3) is 0 Å². The van der Waals surface area contributed by atoms with Crippen molar-refractivity contribution in [2.75, 3.05) is 18.9 Å². The summed E-state index contributed by atoms with van der Waals surface area (Å²) >= 11 is 0. The van der Waals surface area contributed by atoms with Gasteiger partial charge in [0.2, 0.25) is 0 Å². The SMILES string of the molecule is CNCC1Cc2c(C)cccc2N1. The first-order chi connectivity index (χ1) is 6.31. The molecule has 2 rings (SSSR count). The summed E-state index contributed by atoms with van der Waals surface area (Å²) in [6, 6.07) is 7.03. The van der Waals surface area contributed by atoms with Crippen molar-refractivity contribution < 1.29 is 0 Å². The van der Waals surface area contributed by atoms with E-state index in [2.05, 4.69) is 35.8 Å². The van der Waals surface area contributed by atoms with Crippen LogP contribution < -0.4 is 10.6 Å². The van der Waals surface area contributed by atoms with Crippen LogP contribution in [0.3, 0.4) is 0 Å². The standard InChI is InChI=1S/C11H16N2/c1-8-4-3-5-11-10(8)6-9(13-11)7-12-2/h3-5,9,12-13H,6-7H2,1-2H3. The van der Waals surface area contributed by atoms with E-state index in [1.165, 1.54) is 16.8 Å². The summed E-state index contributed by atoms with van der Waals surface area (Å²) in [5.41, 5.74) is 4.21. The van der Waals surface area contributed by atoms with Crippen molar-refractivity contribution in [2.45, 2.75) is 19.4 Å². The van der Waals surface area contributed by atoms with Crippen LogP contribution in [0.1, 0.15) is 11.1 Å². The fourth-order valence-electron chi connectivity index (χ4n) is 2.00. The second kappa shape index (κ2) is 3.38. The Bertz CT molecular complexity index is 307. The van der Waals surface area contributed by atoms with E-state index in [1.54, 1.807) is 0 Å². The van der Waals surface area contributed by atoms with Crippen molar-refractivity contribution in [3.63, 3.8) is 0 Å². The summed E-state index contributed by atoms with van der Waals surface area (Å²) < 4.78 is 0. The third-order valence-electron chi connectivity index (χ3n) is 2.67. The van der Waals surface area contributed by atoms with Crippen LogP contribution in [0.4, 0.5) is 5.69 Å². The number of hydrogen-bond donors (Lipinski definition) is 2. The van der Waals surface area contributed by atoms with Gasteiger partial charge in [0.15, 0.2) is 0 Å². The van der Waals surface area contributed by atoms with Crippen molar-refractivity contribution >= 4 is 5.69 Å². The highest BCUT2D eigenvalue weighted by atomic mass is 15.0. The molecule has 2 nitrogen and oxygen atoms in total. The van der Waals surface area contributed by atoms with E-state index in [-0.39, 0.29) is 0 Å². The van der Waals surface area contributed by atoms with Gasteiger partial charge in [-0.2, -0.15) is 0 Å². The van der Waals surface area contributed by atoms with E-state index >= 15 is 0 Å². The molecule has 1 aromatic carbocycles. The minimum absolute atomic E-state index is 0.570. The predicted molar refractivity (Wildman–Crippen MR) is 56.2 cm³/mol. The molecule has 0 bridgehead atoms. The Balaban J connectivity index is 2.20. The van der Waals surface area contributed by atoms with Crippen LogP contribution in [0.15, 0.2) is 18.2 Å². The van der Waals surface area contributed by atoms with Crippen LogP contribution in [0.25, 0.3) is 0 Å². The van der Waals surface area contributed by atoms with Crippen LogP contribution in [-0.2, 0) is 6.42 Å². The molecule has 2 heteroatoms. The number of aryl methyl sites for hydroxylation is 1. The maximum Gasteiger partial charge on any atom is 0.0427 e. The normalized spacial score (nSPS) is 19.7. The van der Waals surface area contributed by atoms with Crippen molar-refractivity contribution in [1.82, 2.24) is 5.32 Å². The molecule has 1 aliphatic heterocycles. The van der Waals surface area contributed by atoms with E-state index in [0.29, 0.717) is 6.04 Å². The van der Waals surface area contributed by atoms with Gasteiger partial charge in [-0.25, -0.2) is 0 Å². The molecule has 0 aliphatic carbocycles. The fraction of sp³-hybridized carbons (Fsp3) is 0.455. The highest BCUT2D eigenvalue weighted by Crippen LogP contribution is 2.27. The molecule has 0 saturated carbocycles. The van der Waals surface area contributed by atoms with Gasteiger partial charge in [0.05, 0.1) is 0 Å². The molecular weight excluding hydrogens is 160 g/mol. The van der Waals surface area contributed by atoms with Gasteiger partial charge in [0.1, 0.15) is 0 Å². The average molecular weight is 176 g/mol. The number of anilines is 1. The Hall–Kier alpha value is -1.02. The molecule has 1 unspecified atom stereocenters. The lowest BCUT2D eigenvalue weighted by Gasteiger charge is -2.09. The largest absolute Gasteiger partial charge is 0.380 e. The van der Waals surface area contributed by atoms with Crippen molar-refractivity contribution in [3.05, 3.63) is 29.3 Å². The molecule has 1 atom stereocenters. The fourth-order valence-corrected chi connectivity index (χ4v) is 2.00.